The summed E-state index contributed by atoms with van der Waals surface area (Å²) >= 11 is 0. The zero-order valence-electron chi connectivity index (χ0n) is 13.6. The second kappa shape index (κ2) is 6.93. The largest absolute Gasteiger partial charge is 0.355 e. The van der Waals surface area contributed by atoms with Gasteiger partial charge in [0.1, 0.15) is 0 Å². The number of benzene rings is 1. The van der Waals surface area contributed by atoms with E-state index in [1.54, 1.807) is 13.4 Å². The second-order valence-corrected chi connectivity index (χ2v) is 6.01. The number of carbonyl (C=O) groups excluding carboxylic acids is 1. The predicted octanol–water partition coefficient (Wildman–Crippen LogP) is 1.26. The van der Waals surface area contributed by atoms with Crippen molar-refractivity contribution in [1.29, 1.82) is 0 Å². The van der Waals surface area contributed by atoms with E-state index in [9.17, 15) is 4.79 Å². The second-order valence-electron chi connectivity index (χ2n) is 6.01. The van der Waals surface area contributed by atoms with Crippen molar-refractivity contribution in [3.63, 3.8) is 0 Å². The van der Waals surface area contributed by atoms with Gasteiger partial charge >= 0.3 is 0 Å². The summed E-state index contributed by atoms with van der Waals surface area (Å²) < 4.78 is 0. The van der Waals surface area contributed by atoms with Gasteiger partial charge < -0.3 is 10.3 Å². The first-order valence-corrected chi connectivity index (χ1v) is 7.89. The lowest BCUT2D eigenvalue weighted by atomic mass is 10.00. The first kappa shape index (κ1) is 15.7. The summed E-state index contributed by atoms with van der Waals surface area (Å²) in [7, 11) is 3.80. The molecule has 1 aromatic heterocycles. The average Bonchev–Trinajstić information content (AvgIpc) is 3.09. The van der Waals surface area contributed by atoms with E-state index >= 15 is 0 Å². The van der Waals surface area contributed by atoms with E-state index in [-0.39, 0.29) is 11.9 Å². The molecule has 1 aliphatic heterocycles. The number of piperazine rings is 1. The van der Waals surface area contributed by atoms with Crippen molar-refractivity contribution < 1.29 is 4.79 Å². The quantitative estimate of drug-likeness (QED) is 0.892. The Hall–Kier alpha value is -2.18. The molecule has 1 aliphatic rings. The number of nitrogens with zero attached hydrogens (tertiary/aromatic N) is 3. The van der Waals surface area contributed by atoms with E-state index in [1.807, 2.05) is 24.4 Å². The van der Waals surface area contributed by atoms with Gasteiger partial charge in [-0.05, 0) is 24.7 Å². The number of rotatable bonds is 4. The molecule has 6 nitrogen and oxygen atoms in total. The van der Waals surface area contributed by atoms with Crippen molar-refractivity contribution in [1.82, 2.24) is 25.1 Å². The summed E-state index contributed by atoms with van der Waals surface area (Å²) in [6.07, 6.45) is 3.59. The van der Waals surface area contributed by atoms with Gasteiger partial charge in [0.15, 0.2) is 0 Å². The van der Waals surface area contributed by atoms with Crippen LogP contribution in [-0.4, -0.2) is 59.4 Å². The summed E-state index contributed by atoms with van der Waals surface area (Å²) in [5.74, 6) is -0.0420. The fourth-order valence-corrected chi connectivity index (χ4v) is 3.08. The lowest BCUT2D eigenvalue weighted by Crippen LogP contribution is -2.46. The zero-order valence-corrected chi connectivity index (χ0v) is 13.6. The molecule has 2 heterocycles. The van der Waals surface area contributed by atoms with E-state index in [0.717, 1.165) is 31.9 Å². The first-order chi connectivity index (χ1) is 11.2. The number of amides is 1. The number of aromatic nitrogens is 2. The number of aromatic amines is 1. The molecule has 122 valence electrons. The third kappa shape index (κ3) is 3.60. The van der Waals surface area contributed by atoms with Crippen LogP contribution in [0.4, 0.5) is 0 Å². The lowest BCUT2D eigenvalue weighted by molar-refractivity contribution is 0.0893. The molecule has 3 rings (SSSR count). The number of nitrogens with one attached hydrogen (secondary N) is 2. The van der Waals surface area contributed by atoms with E-state index in [1.165, 1.54) is 5.56 Å². The normalized spacial score (nSPS) is 19.7. The molecular formula is C17H23N5O. The molecule has 0 saturated carbocycles. The minimum atomic E-state index is -0.0420. The number of carbonyl (C=O) groups is 1. The molecule has 2 aromatic rings. The third-order valence-corrected chi connectivity index (χ3v) is 4.44. The van der Waals surface area contributed by atoms with Crippen molar-refractivity contribution in [2.45, 2.75) is 12.6 Å². The van der Waals surface area contributed by atoms with Gasteiger partial charge in [0.05, 0.1) is 6.33 Å². The van der Waals surface area contributed by atoms with E-state index in [2.05, 4.69) is 38.2 Å². The summed E-state index contributed by atoms with van der Waals surface area (Å²) in [4.78, 5) is 23.9. The number of likely N-dealkylation sites (N-methyl/N-ethyl adjacent to an activating group) is 1. The van der Waals surface area contributed by atoms with Gasteiger partial charge in [-0.2, -0.15) is 0 Å². The summed E-state index contributed by atoms with van der Waals surface area (Å²) in [5, 5.41) is 2.69. The Labute approximate surface area is 136 Å². The van der Waals surface area contributed by atoms with Crippen LogP contribution < -0.4 is 5.32 Å². The molecule has 0 radical (unpaired) electrons. The average molecular weight is 313 g/mol. The predicted molar refractivity (Wildman–Crippen MR) is 89.1 cm³/mol. The highest BCUT2D eigenvalue weighted by Crippen LogP contribution is 2.25. The molecule has 0 spiro atoms. The van der Waals surface area contributed by atoms with Gasteiger partial charge in [-0.15, -0.1) is 0 Å². The van der Waals surface area contributed by atoms with Crippen LogP contribution in [0.15, 0.2) is 36.8 Å². The third-order valence-electron chi connectivity index (χ3n) is 4.44. The molecule has 23 heavy (non-hydrogen) atoms. The maximum absolute atomic E-state index is 11.9. The fraction of sp³-hybridized carbons (Fsp3) is 0.412. The maximum Gasteiger partial charge on any atom is 0.251 e. The van der Waals surface area contributed by atoms with Crippen LogP contribution in [0.2, 0.25) is 0 Å². The SMILES string of the molecule is CNC(=O)c1cccc([C@H]2CN(Cc3cnc[nH]3)CCN2C)c1. The Bertz CT molecular complexity index is 655. The van der Waals surface area contributed by atoms with Crippen molar-refractivity contribution in [3.8, 4) is 0 Å². The Morgan fingerprint density at radius 2 is 2.30 bits per heavy atom. The van der Waals surface area contributed by atoms with Crippen LogP contribution in [0.25, 0.3) is 0 Å². The molecule has 6 heteroatoms. The molecule has 0 aliphatic carbocycles. The molecule has 1 saturated heterocycles. The zero-order chi connectivity index (χ0) is 16.2. The molecule has 0 unspecified atom stereocenters. The highest BCUT2D eigenvalue weighted by Gasteiger charge is 2.26. The van der Waals surface area contributed by atoms with Crippen LogP contribution in [0.3, 0.4) is 0 Å². The first-order valence-electron chi connectivity index (χ1n) is 7.89. The van der Waals surface area contributed by atoms with E-state index < -0.39 is 0 Å². The highest BCUT2D eigenvalue weighted by atomic mass is 16.1. The van der Waals surface area contributed by atoms with Gasteiger partial charge in [0, 0.05) is 56.7 Å². The highest BCUT2D eigenvalue weighted by molar-refractivity contribution is 5.94. The summed E-state index contributed by atoms with van der Waals surface area (Å²) in [6.45, 7) is 3.84. The number of H-pyrrole nitrogens is 1. The van der Waals surface area contributed by atoms with E-state index in [0.29, 0.717) is 5.56 Å². The Kier molecular flexibility index (Phi) is 4.73. The van der Waals surface area contributed by atoms with Crippen molar-refractivity contribution >= 4 is 5.91 Å². The number of imidazole rings is 1. The van der Waals surface area contributed by atoms with Crippen LogP contribution in [-0.2, 0) is 6.54 Å². The Morgan fingerprint density at radius 1 is 1.43 bits per heavy atom. The fourth-order valence-electron chi connectivity index (χ4n) is 3.08. The standard InChI is InChI=1S/C17H23N5O/c1-18-17(23)14-5-3-4-13(8-14)16-11-22(7-6-21(16)2)10-15-9-19-12-20-15/h3-5,8-9,12,16H,6-7,10-11H2,1-2H3,(H,18,23)(H,19,20)/t16-/m1/s1. The van der Waals surface area contributed by atoms with Gasteiger partial charge in [-0.1, -0.05) is 12.1 Å². The van der Waals surface area contributed by atoms with Crippen molar-refractivity contribution in [2.24, 2.45) is 0 Å². The van der Waals surface area contributed by atoms with Gasteiger partial charge in [0.2, 0.25) is 0 Å². The number of hydrogen-bond donors (Lipinski definition) is 2. The summed E-state index contributed by atoms with van der Waals surface area (Å²) in [6, 6.07) is 8.21. The Morgan fingerprint density at radius 3 is 3.04 bits per heavy atom. The van der Waals surface area contributed by atoms with Gasteiger partial charge in [-0.3, -0.25) is 14.6 Å². The van der Waals surface area contributed by atoms with Crippen molar-refractivity contribution in [3.05, 3.63) is 53.6 Å². The minimum absolute atomic E-state index is 0.0420. The Balaban J connectivity index is 1.76. The molecular weight excluding hydrogens is 290 g/mol. The van der Waals surface area contributed by atoms with Gasteiger partial charge in [0.25, 0.3) is 5.91 Å². The van der Waals surface area contributed by atoms with Crippen LogP contribution >= 0.6 is 0 Å². The van der Waals surface area contributed by atoms with Crippen molar-refractivity contribution in [2.75, 3.05) is 33.7 Å². The number of hydrogen-bond acceptors (Lipinski definition) is 4. The lowest BCUT2D eigenvalue weighted by Gasteiger charge is -2.39. The molecule has 1 fully saturated rings. The molecule has 2 N–H and O–H groups in total. The topological polar surface area (TPSA) is 64.3 Å². The molecule has 1 aromatic carbocycles. The summed E-state index contributed by atoms with van der Waals surface area (Å²) in [5.41, 5.74) is 3.03. The maximum atomic E-state index is 11.9. The smallest absolute Gasteiger partial charge is 0.251 e. The molecule has 1 amide bonds. The molecule has 1 atom stereocenters. The van der Waals surface area contributed by atoms with E-state index in [4.69, 9.17) is 0 Å². The van der Waals surface area contributed by atoms with Gasteiger partial charge in [-0.25, -0.2) is 4.98 Å². The minimum Gasteiger partial charge on any atom is -0.355 e. The van der Waals surface area contributed by atoms with Crippen LogP contribution in [0.1, 0.15) is 27.7 Å². The van der Waals surface area contributed by atoms with Crippen LogP contribution in [0.5, 0.6) is 0 Å². The molecule has 0 bridgehead atoms. The van der Waals surface area contributed by atoms with Crippen LogP contribution in [0, 0.1) is 0 Å². The monoisotopic (exact) mass is 313 g/mol.